The predicted molar refractivity (Wildman–Crippen MR) is 88.7 cm³/mol. The van der Waals surface area contributed by atoms with E-state index >= 15 is 0 Å². The molecular formula is C14H22ClN3O5. The van der Waals surface area contributed by atoms with Gasteiger partial charge in [-0.15, -0.1) is 12.4 Å². The van der Waals surface area contributed by atoms with Gasteiger partial charge in [0.05, 0.1) is 24.7 Å². The molecule has 8 nitrogen and oxygen atoms in total. The van der Waals surface area contributed by atoms with Gasteiger partial charge in [0, 0.05) is 12.6 Å². The van der Waals surface area contributed by atoms with E-state index in [1.54, 1.807) is 6.92 Å². The van der Waals surface area contributed by atoms with E-state index < -0.39 is 10.8 Å². The molecule has 0 radical (unpaired) electrons. The summed E-state index contributed by atoms with van der Waals surface area (Å²) in [6.07, 6.45) is 1.49. The van der Waals surface area contributed by atoms with Gasteiger partial charge in [-0.2, -0.15) is 0 Å². The Morgan fingerprint density at radius 3 is 2.57 bits per heavy atom. The molecule has 23 heavy (non-hydrogen) atoms. The van der Waals surface area contributed by atoms with Crippen LogP contribution in [0.25, 0.3) is 0 Å². The molecule has 1 rings (SSSR count). The molecule has 0 saturated heterocycles. The molecule has 1 aromatic rings. The highest BCUT2D eigenvalue weighted by Gasteiger charge is 2.24. The SMILES string of the molecule is CCOc1cc(C(=O)NCCCCN)c([N+](=O)[O-])cc1OC.Cl. The van der Waals surface area contributed by atoms with Crippen LogP contribution in [-0.4, -0.2) is 37.6 Å². The van der Waals surface area contributed by atoms with E-state index in [-0.39, 0.29) is 29.4 Å². The second-order valence-electron chi connectivity index (χ2n) is 4.46. The third kappa shape index (κ3) is 5.91. The first-order chi connectivity index (χ1) is 10.5. The van der Waals surface area contributed by atoms with Crippen LogP contribution < -0.4 is 20.5 Å². The van der Waals surface area contributed by atoms with Crippen LogP contribution in [0.15, 0.2) is 12.1 Å². The largest absolute Gasteiger partial charge is 0.493 e. The maximum Gasteiger partial charge on any atom is 0.286 e. The molecule has 0 fully saturated rings. The van der Waals surface area contributed by atoms with E-state index in [0.717, 1.165) is 6.42 Å². The van der Waals surface area contributed by atoms with Gasteiger partial charge in [0.15, 0.2) is 11.5 Å². The fourth-order valence-corrected chi connectivity index (χ4v) is 1.88. The van der Waals surface area contributed by atoms with Crippen LogP contribution in [0.5, 0.6) is 11.5 Å². The number of benzene rings is 1. The van der Waals surface area contributed by atoms with Crippen molar-refractivity contribution in [1.82, 2.24) is 5.32 Å². The third-order valence-corrected chi connectivity index (χ3v) is 2.94. The van der Waals surface area contributed by atoms with Crippen molar-refractivity contribution >= 4 is 24.0 Å². The van der Waals surface area contributed by atoms with Gasteiger partial charge in [-0.05, 0) is 26.3 Å². The number of methoxy groups -OCH3 is 1. The smallest absolute Gasteiger partial charge is 0.286 e. The van der Waals surface area contributed by atoms with Crippen LogP contribution in [0.1, 0.15) is 30.1 Å². The first-order valence-electron chi connectivity index (χ1n) is 7.02. The third-order valence-electron chi connectivity index (χ3n) is 2.94. The lowest BCUT2D eigenvalue weighted by Crippen LogP contribution is -2.25. The quantitative estimate of drug-likeness (QED) is 0.400. The first kappa shape index (κ1) is 20.9. The highest BCUT2D eigenvalue weighted by atomic mass is 35.5. The Bertz CT molecular complexity index is 539. The van der Waals surface area contributed by atoms with Gasteiger partial charge in [-0.25, -0.2) is 0 Å². The number of carbonyl (C=O) groups excluding carboxylic acids is 1. The van der Waals surface area contributed by atoms with Gasteiger partial charge in [0.2, 0.25) is 0 Å². The Labute approximate surface area is 140 Å². The summed E-state index contributed by atoms with van der Waals surface area (Å²) in [5, 5.41) is 13.8. The monoisotopic (exact) mass is 347 g/mol. The van der Waals surface area contributed by atoms with Crippen LogP contribution in [0.3, 0.4) is 0 Å². The molecule has 0 atom stereocenters. The van der Waals surface area contributed by atoms with E-state index in [2.05, 4.69) is 5.32 Å². The maximum absolute atomic E-state index is 12.1. The summed E-state index contributed by atoms with van der Waals surface area (Å²) >= 11 is 0. The Morgan fingerprint density at radius 1 is 1.35 bits per heavy atom. The van der Waals surface area contributed by atoms with Crippen molar-refractivity contribution in [1.29, 1.82) is 0 Å². The van der Waals surface area contributed by atoms with E-state index in [9.17, 15) is 14.9 Å². The predicted octanol–water partition coefficient (Wildman–Crippen LogP) is 1.89. The van der Waals surface area contributed by atoms with E-state index in [1.165, 1.54) is 19.2 Å². The number of hydrogen-bond acceptors (Lipinski definition) is 6. The number of nitrogens with zero attached hydrogens (tertiary/aromatic N) is 1. The molecule has 0 spiro atoms. The van der Waals surface area contributed by atoms with E-state index in [1.807, 2.05) is 0 Å². The van der Waals surface area contributed by atoms with Gasteiger partial charge in [-0.1, -0.05) is 0 Å². The fraction of sp³-hybridized carbons (Fsp3) is 0.500. The molecule has 1 amide bonds. The summed E-state index contributed by atoms with van der Waals surface area (Å²) in [6, 6.07) is 2.53. The Hall–Kier alpha value is -2.06. The highest BCUT2D eigenvalue weighted by Crippen LogP contribution is 2.34. The molecule has 0 saturated carbocycles. The van der Waals surface area contributed by atoms with Gasteiger partial charge in [0.25, 0.3) is 11.6 Å². The lowest BCUT2D eigenvalue weighted by atomic mass is 10.1. The second kappa shape index (κ2) is 10.6. The minimum Gasteiger partial charge on any atom is -0.493 e. The van der Waals surface area contributed by atoms with Crippen molar-refractivity contribution in [3.8, 4) is 11.5 Å². The topological polar surface area (TPSA) is 117 Å². The number of halogens is 1. The van der Waals surface area contributed by atoms with Gasteiger partial charge in [-0.3, -0.25) is 14.9 Å². The summed E-state index contributed by atoms with van der Waals surface area (Å²) in [5.74, 6) is -0.0109. The van der Waals surface area contributed by atoms with E-state index in [0.29, 0.717) is 31.9 Å². The minimum absolute atomic E-state index is 0. The van der Waals surface area contributed by atoms with Crippen molar-refractivity contribution in [2.45, 2.75) is 19.8 Å². The number of hydrogen-bond donors (Lipinski definition) is 2. The number of amides is 1. The average Bonchev–Trinajstić information content (AvgIpc) is 2.51. The zero-order valence-electron chi connectivity index (χ0n) is 13.2. The fourth-order valence-electron chi connectivity index (χ4n) is 1.88. The first-order valence-corrected chi connectivity index (χ1v) is 7.02. The summed E-state index contributed by atoms with van der Waals surface area (Å²) in [6.45, 7) is 3.06. The average molecular weight is 348 g/mol. The summed E-state index contributed by atoms with van der Waals surface area (Å²) in [5.41, 5.74) is 5.00. The highest BCUT2D eigenvalue weighted by molar-refractivity contribution is 5.99. The van der Waals surface area contributed by atoms with Crippen molar-refractivity contribution < 1.29 is 19.2 Å². The van der Waals surface area contributed by atoms with Crippen molar-refractivity contribution in [3.05, 3.63) is 27.8 Å². The molecule has 0 aromatic heterocycles. The van der Waals surface area contributed by atoms with Gasteiger partial charge in [0.1, 0.15) is 5.56 Å². The molecular weight excluding hydrogens is 326 g/mol. The summed E-state index contributed by atoms with van der Waals surface area (Å²) in [7, 11) is 1.38. The number of unbranched alkanes of at least 4 members (excludes halogenated alkanes) is 1. The Morgan fingerprint density at radius 2 is 2.04 bits per heavy atom. The Kier molecular flexibility index (Phi) is 9.68. The number of nitro benzene ring substituents is 1. The van der Waals surface area contributed by atoms with Crippen molar-refractivity contribution in [2.75, 3.05) is 26.8 Å². The zero-order chi connectivity index (χ0) is 16.5. The normalized spacial score (nSPS) is 9.70. The number of rotatable bonds is 9. The Balaban J connectivity index is 0.00000484. The van der Waals surface area contributed by atoms with E-state index in [4.69, 9.17) is 15.2 Å². The summed E-state index contributed by atoms with van der Waals surface area (Å²) in [4.78, 5) is 22.7. The van der Waals surface area contributed by atoms with Gasteiger partial charge < -0.3 is 20.5 Å². The molecule has 9 heteroatoms. The van der Waals surface area contributed by atoms with Crippen LogP contribution in [0, 0.1) is 10.1 Å². The second-order valence-corrected chi connectivity index (χ2v) is 4.46. The molecule has 0 unspecified atom stereocenters. The molecule has 0 aliphatic heterocycles. The van der Waals surface area contributed by atoms with Crippen LogP contribution in [0.4, 0.5) is 5.69 Å². The molecule has 0 heterocycles. The molecule has 130 valence electrons. The van der Waals surface area contributed by atoms with Crippen LogP contribution in [0.2, 0.25) is 0 Å². The van der Waals surface area contributed by atoms with Gasteiger partial charge >= 0.3 is 0 Å². The molecule has 3 N–H and O–H groups in total. The molecule has 1 aromatic carbocycles. The number of carbonyl (C=O) groups is 1. The number of ether oxygens (including phenoxy) is 2. The number of nitrogens with one attached hydrogen (secondary N) is 1. The number of nitrogens with two attached hydrogens (primary N) is 1. The van der Waals surface area contributed by atoms with Crippen LogP contribution >= 0.6 is 12.4 Å². The lowest BCUT2D eigenvalue weighted by molar-refractivity contribution is -0.385. The lowest BCUT2D eigenvalue weighted by Gasteiger charge is -2.12. The maximum atomic E-state index is 12.1. The summed E-state index contributed by atoms with van der Waals surface area (Å²) < 4.78 is 10.4. The number of nitro groups is 1. The van der Waals surface area contributed by atoms with Crippen LogP contribution in [-0.2, 0) is 0 Å². The minimum atomic E-state index is -0.618. The molecule has 0 aliphatic carbocycles. The molecule has 0 bridgehead atoms. The molecule has 0 aliphatic rings. The van der Waals surface area contributed by atoms with Crippen molar-refractivity contribution in [3.63, 3.8) is 0 Å². The van der Waals surface area contributed by atoms with Crippen molar-refractivity contribution in [2.24, 2.45) is 5.73 Å². The standard InChI is InChI=1S/C14H21N3O5.ClH/c1-3-22-13-8-10(14(18)16-7-5-4-6-15)11(17(19)20)9-12(13)21-2;/h8-9H,3-7,15H2,1-2H3,(H,16,18);1H. The zero-order valence-corrected chi connectivity index (χ0v) is 14.0.